The predicted octanol–water partition coefficient (Wildman–Crippen LogP) is -0.222. The number of primary amides is 1. The number of hydrogen-bond donors (Lipinski definition) is 1. The molecule has 0 radical (unpaired) electrons. The molecule has 0 unspecified atom stereocenters. The van der Waals surface area contributed by atoms with E-state index in [1.807, 2.05) is 0 Å². The molecule has 0 saturated heterocycles. The Morgan fingerprint density at radius 2 is 2.20 bits per heavy atom. The van der Waals surface area contributed by atoms with Crippen LogP contribution in [0.2, 0.25) is 0 Å². The fourth-order valence-electron chi connectivity index (χ4n) is 1.03. The molecule has 2 amide bonds. The zero-order chi connectivity index (χ0) is 11.4. The van der Waals surface area contributed by atoms with Gasteiger partial charge < -0.3 is 10.6 Å². The minimum absolute atomic E-state index is 0.0567. The molecule has 0 bridgehead atoms. The molecule has 0 aliphatic rings. The summed E-state index contributed by atoms with van der Waals surface area (Å²) in [5.41, 5.74) is 4.86. The van der Waals surface area contributed by atoms with E-state index in [0.29, 0.717) is 0 Å². The summed E-state index contributed by atoms with van der Waals surface area (Å²) in [4.78, 5) is 26.5. The Labute approximate surface area is 85.7 Å². The van der Waals surface area contributed by atoms with Crippen molar-refractivity contribution in [1.29, 1.82) is 0 Å². The summed E-state index contributed by atoms with van der Waals surface area (Å²) in [6.45, 7) is -0.225. The number of pyridine rings is 1. The number of nitrogens with two attached hydrogens (primary N) is 1. The van der Waals surface area contributed by atoms with Gasteiger partial charge in [-0.1, -0.05) is 6.07 Å². The van der Waals surface area contributed by atoms with E-state index in [1.54, 1.807) is 0 Å². The average molecular weight is 211 g/mol. The van der Waals surface area contributed by atoms with Crippen LogP contribution in [-0.2, 0) is 4.79 Å². The highest BCUT2D eigenvalue weighted by Gasteiger charge is 2.14. The van der Waals surface area contributed by atoms with E-state index in [-0.39, 0.29) is 12.2 Å². The van der Waals surface area contributed by atoms with Crippen LogP contribution < -0.4 is 5.73 Å². The first-order chi connectivity index (χ1) is 7.00. The summed E-state index contributed by atoms with van der Waals surface area (Å²) >= 11 is 0. The lowest BCUT2D eigenvalue weighted by atomic mass is 10.3. The van der Waals surface area contributed by atoms with Crippen LogP contribution in [0.15, 0.2) is 18.2 Å². The van der Waals surface area contributed by atoms with Crippen molar-refractivity contribution in [3.63, 3.8) is 0 Å². The molecule has 1 rings (SSSR count). The van der Waals surface area contributed by atoms with E-state index in [0.717, 1.165) is 11.0 Å². The SMILES string of the molecule is CN(CC(N)=O)C(=O)c1cccc(F)n1. The summed E-state index contributed by atoms with van der Waals surface area (Å²) < 4.78 is 12.7. The highest BCUT2D eigenvalue weighted by Crippen LogP contribution is 2.01. The molecule has 0 aliphatic heterocycles. The van der Waals surface area contributed by atoms with Crippen LogP contribution in [0.5, 0.6) is 0 Å². The van der Waals surface area contributed by atoms with E-state index < -0.39 is 17.8 Å². The van der Waals surface area contributed by atoms with Gasteiger partial charge >= 0.3 is 0 Å². The zero-order valence-electron chi connectivity index (χ0n) is 8.11. The van der Waals surface area contributed by atoms with Gasteiger partial charge in [0.05, 0.1) is 6.54 Å². The number of carbonyl (C=O) groups excluding carboxylic acids is 2. The summed E-state index contributed by atoms with van der Waals surface area (Å²) in [5.74, 6) is -1.93. The minimum Gasteiger partial charge on any atom is -0.368 e. The van der Waals surface area contributed by atoms with Gasteiger partial charge in [0.2, 0.25) is 11.9 Å². The normalized spacial score (nSPS) is 9.73. The predicted molar refractivity (Wildman–Crippen MR) is 50.3 cm³/mol. The minimum atomic E-state index is -0.742. The molecule has 80 valence electrons. The lowest BCUT2D eigenvalue weighted by Crippen LogP contribution is -2.35. The molecular weight excluding hydrogens is 201 g/mol. The van der Waals surface area contributed by atoms with E-state index in [1.165, 1.54) is 19.2 Å². The maximum Gasteiger partial charge on any atom is 0.272 e. The molecule has 1 aromatic heterocycles. The van der Waals surface area contributed by atoms with Crippen LogP contribution in [0, 0.1) is 5.95 Å². The van der Waals surface area contributed by atoms with Crippen molar-refractivity contribution in [1.82, 2.24) is 9.88 Å². The summed E-state index contributed by atoms with van der Waals surface area (Å²) in [6, 6.07) is 3.86. The number of likely N-dealkylation sites (N-methyl/N-ethyl adjacent to an activating group) is 1. The first kappa shape index (κ1) is 11.1. The van der Waals surface area contributed by atoms with Crippen molar-refractivity contribution >= 4 is 11.8 Å². The number of rotatable bonds is 3. The number of nitrogens with zero attached hydrogens (tertiary/aromatic N) is 2. The zero-order valence-corrected chi connectivity index (χ0v) is 8.11. The Morgan fingerprint density at radius 1 is 1.53 bits per heavy atom. The van der Waals surface area contributed by atoms with Gasteiger partial charge in [-0.15, -0.1) is 0 Å². The van der Waals surface area contributed by atoms with E-state index in [4.69, 9.17) is 5.73 Å². The summed E-state index contributed by atoms with van der Waals surface area (Å²) in [6.07, 6.45) is 0. The second-order valence-corrected chi connectivity index (χ2v) is 2.97. The first-order valence-electron chi connectivity index (χ1n) is 4.17. The highest BCUT2D eigenvalue weighted by molar-refractivity contribution is 5.94. The van der Waals surface area contributed by atoms with Crippen LogP contribution in [0.3, 0.4) is 0 Å². The van der Waals surface area contributed by atoms with Gasteiger partial charge in [0.15, 0.2) is 0 Å². The third-order valence-electron chi connectivity index (χ3n) is 1.67. The third kappa shape index (κ3) is 3.01. The molecule has 6 heteroatoms. The van der Waals surface area contributed by atoms with Crippen LogP contribution in [0.25, 0.3) is 0 Å². The van der Waals surface area contributed by atoms with Gasteiger partial charge in [0.1, 0.15) is 5.69 Å². The Hall–Kier alpha value is -1.98. The topological polar surface area (TPSA) is 76.3 Å². The third-order valence-corrected chi connectivity index (χ3v) is 1.67. The van der Waals surface area contributed by atoms with Crippen LogP contribution in [-0.4, -0.2) is 35.3 Å². The lowest BCUT2D eigenvalue weighted by molar-refractivity contribution is -0.118. The molecule has 1 heterocycles. The second kappa shape index (κ2) is 4.50. The van der Waals surface area contributed by atoms with Gasteiger partial charge in [-0.25, -0.2) is 4.98 Å². The van der Waals surface area contributed by atoms with Gasteiger partial charge in [0.25, 0.3) is 5.91 Å². The fourth-order valence-corrected chi connectivity index (χ4v) is 1.03. The Morgan fingerprint density at radius 3 is 2.73 bits per heavy atom. The smallest absolute Gasteiger partial charge is 0.272 e. The van der Waals surface area contributed by atoms with Crippen molar-refractivity contribution < 1.29 is 14.0 Å². The molecule has 1 aromatic rings. The van der Waals surface area contributed by atoms with Crippen molar-refractivity contribution in [3.8, 4) is 0 Å². The van der Waals surface area contributed by atoms with Crippen molar-refractivity contribution in [2.75, 3.05) is 13.6 Å². The van der Waals surface area contributed by atoms with Gasteiger partial charge in [-0.3, -0.25) is 9.59 Å². The van der Waals surface area contributed by atoms with E-state index >= 15 is 0 Å². The fraction of sp³-hybridized carbons (Fsp3) is 0.222. The quantitative estimate of drug-likeness (QED) is 0.702. The van der Waals surface area contributed by atoms with Crippen LogP contribution in [0.1, 0.15) is 10.5 Å². The maximum absolute atomic E-state index is 12.7. The Balaban J connectivity index is 2.80. The molecule has 0 aromatic carbocycles. The lowest BCUT2D eigenvalue weighted by Gasteiger charge is -2.13. The van der Waals surface area contributed by atoms with Crippen molar-refractivity contribution in [2.45, 2.75) is 0 Å². The highest BCUT2D eigenvalue weighted by atomic mass is 19.1. The van der Waals surface area contributed by atoms with E-state index in [9.17, 15) is 14.0 Å². The maximum atomic E-state index is 12.7. The standard InChI is InChI=1S/C9H10FN3O2/c1-13(5-8(11)14)9(15)6-3-2-4-7(10)12-6/h2-4H,5H2,1H3,(H2,11,14). The number of amides is 2. The van der Waals surface area contributed by atoms with Crippen LogP contribution >= 0.6 is 0 Å². The van der Waals surface area contributed by atoms with Crippen molar-refractivity contribution in [2.24, 2.45) is 5.73 Å². The van der Waals surface area contributed by atoms with Crippen LogP contribution in [0.4, 0.5) is 4.39 Å². The Bertz CT molecular complexity index is 395. The second-order valence-electron chi connectivity index (χ2n) is 2.97. The van der Waals surface area contributed by atoms with Gasteiger partial charge in [-0.2, -0.15) is 4.39 Å². The molecule has 0 fully saturated rings. The monoisotopic (exact) mass is 211 g/mol. The molecule has 5 nitrogen and oxygen atoms in total. The van der Waals surface area contributed by atoms with Gasteiger partial charge in [-0.05, 0) is 12.1 Å². The Kier molecular flexibility index (Phi) is 3.33. The number of halogens is 1. The molecule has 0 saturated carbocycles. The van der Waals surface area contributed by atoms with E-state index in [2.05, 4.69) is 4.98 Å². The summed E-state index contributed by atoms with van der Waals surface area (Å²) in [7, 11) is 1.39. The number of aromatic nitrogens is 1. The molecular formula is C9H10FN3O2. The van der Waals surface area contributed by atoms with Gasteiger partial charge in [0, 0.05) is 7.05 Å². The molecule has 0 aliphatic carbocycles. The molecule has 0 atom stereocenters. The molecule has 0 spiro atoms. The number of hydrogen-bond acceptors (Lipinski definition) is 3. The molecule has 15 heavy (non-hydrogen) atoms. The molecule has 2 N–H and O–H groups in total. The first-order valence-corrected chi connectivity index (χ1v) is 4.17. The number of carbonyl (C=O) groups is 2. The summed E-state index contributed by atoms with van der Waals surface area (Å²) in [5, 5.41) is 0. The van der Waals surface area contributed by atoms with Crippen molar-refractivity contribution in [3.05, 3.63) is 29.8 Å². The largest absolute Gasteiger partial charge is 0.368 e. The average Bonchev–Trinajstić information content (AvgIpc) is 2.15.